The molecule has 3 rings (SSSR count). The van der Waals surface area contributed by atoms with Crippen molar-refractivity contribution in [2.75, 3.05) is 26.4 Å². The smallest absolute Gasteiger partial charge is 0.434 e. The average molecular weight is 324 g/mol. The lowest BCUT2D eigenvalue weighted by molar-refractivity contribution is -0.0837. The third-order valence-electron chi connectivity index (χ3n) is 3.37. The molecule has 0 bridgehead atoms. The molecule has 21 heavy (non-hydrogen) atoms. The van der Waals surface area contributed by atoms with Crippen LogP contribution in [0.15, 0.2) is 0 Å². The number of rotatable bonds is 2. The predicted molar refractivity (Wildman–Crippen MR) is 60.2 cm³/mol. The highest BCUT2D eigenvalue weighted by Crippen LogP contribution is 2.34. The van der Waals surface area contributed by atoms with Gasteiger partial charge in [0.1, 0.15) is 38.6 Å². The Balaban J connectivity index is 1.73. The molecule has 0 aromatic carbocycles. The Kier molecular flexibility index (Phi) is 3.63. The summed E-state index contributed by atoms with van der Waals surface area (Å²) in [6.07, 6.45) is -3.46. The summed E-state index contributed by atoms with van der Waals surface area (Å²) >= 11 is 0. The molecule has 2 atom stereocenters. The van der Waals surface area contributed by atoms with Crippen molar-refractivity contribution in [3.63, 3.8) is 0 Å². The van der Waals surface area contributed by atoms with Crippen LogP contribution in [0.25, 0.3) is 0 Å². The predicted octanol–water partition coefficient (Wildman–Crippen LogP) is -0.419. The zero-order valence-electron chi connectivity index (χ0n) is 10.6. The SMILES string of the molecule is O=C1OCC(C2OS(=O)(=O)OC2C2COC(=O)OC2)CO1. The largest absolute Gasteiger partial charge is 0.508 e. The van der Waals surface area contributed by atoms with Gasteiger partial charge in [-0.1, -0.05) is 0 Å². The van der Waals surface area contributed by atoms with E-state index in [0.29, 0.717) is 0 Å². The van der Waals surface area contributed by atoms with E-state index in [1.165, 1.54) is 0 Å². The Morgan fingerprint density at radius 3 is 1.38 bits per heavy atom. The Labute approximate surface area is 119 Å². The van der Waals surface area contributed by atoms with Gasteiger partial charge in [0.2, 0.25) is 0 Å². The first kappa shape index (κ1) is 14.4. The van der Waals surface area contributed by atoms with Gasteiger partial charge < -0.3 is 18.9 Å². The van der Waals surface area contributed by atoms with Gasteiger partial charge in [-0.3, -0.25) is 0 Å². The third-order valence-corrected chi connectivity index (χ3v) is 4.29. The Hall–Kier alpha value is -1.59. The quantitative estimate of drug-likeness (QED) is 0.618. The molecule has 3 saturated heterocycles. The molecule has 0 amide bonds. The highest BCUT2D eigenvalue weighted by atomic mass is 32.3. The van der Waals surface area contributed by atoms with Crippen LogP contribution in [0.4, 0.5) is 9.59 Å². The molecule has 3 heterocycles. The lowest BCUT2D eigenvalue weighted by atomic mass is 9.91. The minimum atomic E-state index is -4.16. The second kappa shape index (κ2) is 5.31. The zero-order chi connectivity index (χ0) is 15.0. The molecule has 11 heteroatoms. The van der Waals surface area contributed by atoms with E-state index in [1.807, 2.05) is 0 Å². The molecule has 0 aliphatic carbocycles. The summed E-state index contributed by atoms with van der Waals surface area (Å²) < 4.78 is 51.7. The Bertz CT molecular complexity index is 480. The van der Waals surface area contributed by atoms with E-state index < -0.39 is 46.8 Å². The molecule has 0 radical (unpaired) electrons. The molecule has 2 unspecified atom stereocenters. The van der Waals surface area contributed by atoms with Crippen molar-refractivity contribution in [1.29, 1.82) is 0 Å². The molecule has 3 aliphatic heterocycles. The van der Waals surface area contributed by atoms with Crippen LogP contribution in [-0.2, 0) is 37.7 Å². The topological polar surface area (TPSA) is 124 Å². The first-order chi connectivity index (χ1) is 9.94. The van der Waals surface area contributed by atoms with Gasteiger partial charge in [-0.05, 0) is 0 Å². The molecule has 118 valence electrons. The number of hydrogen-bond donors (Lipinski definition) is 0. The van der Waals surface area contributed by atoms with Crippen LogP contribution in [0.1, 0.15) is 0 Å². The monoisotopic (exact) mass is 324 g/mol. The third kappa shape index (κ3) is 3.04. The van der Waals surface area contributed by atoms with E-state index >= 15 is 0 Å². The van der Waals surface area contributed by atoms with Gasteiger partial charge >= 0.3 is 22.7 Å². The van der Waals surface area contributed by atoms with Gasteiger partial charge in [-0.25, -0.2) is 18.0 Å². The lowest BCUT2D eigenvalue weighted by Gasteiger charge is -2.31. The molecule has 0 saturated carbocycles. The van der Waals surface area contributed by atoms with Gasteiger partial charge in [0, 0.05) is 0 Å². The fraction of sp³-hybridized carbons (Fsp3) is 0.800. The molecule has 0 aromatic heterocycles. The maximum absolute atomic E-state index is 11.5. The van der Waals surface area contributed by atoms with Crippen molar-refractivity contribution >= 4 is 22.7 Å². The van der Waals surface area contributed by atoms with Crippen LogP contribution >= 0.6 is 0 Å². The molecule has 0 spiro atoms. The van der Waals surface area contributed by atoms with Crippen LogP contribution < -0.4 is 0 Å². The summed E-state index contributed by atoms with van der Waals surface area (Å²) in [5.74, 6) is -1.02. The fourth-order valence-corrected chi connectivity index (χ4v) is 3.48. The van der Waals surface area contributed by atoms with Crippen molar-refractivity contribution in [2.24, 2.45) is 11.8 Å². The van der Waals surface area contributed by atoms with Gasteiger partial charge in [-0.2, -0.15) is 8.42 Å². The molecule has 3 aliphatic rings. The number of ether oxygens (including phenoxy) is 4. The lowest BCUT2D eigenvalue weighted by Crippen LogP contribution is -2.47. The molecular formula is C10H12O10S. The molecule has 0 N–H and O–H groups in total. The maximum Gasteiger partial charge on any atom is 0.508 e. The summed E-state index contributed by atoms with van der Waals surface area (Å²) in [5.41, 5.74) is 0. The Morgan fingerprint density at radius 2 is 1.05 bits per heavy atom. The summed E-state index contributed by atoms with van der Waals surface area (Å²) in [6, 6.07) is 0. The van der Waals surface area contributed by atoms with Gasteiger partial charge in [0.15, 0.2) is 0 Å². The van der Waals surface area contributed by atoms with Crippen molar-refractivity contribution in [2.45, 2.75) is 12.2 Å². The fourth-order valence-electron chi connectivity index (χ4n) is 2.36. The van der Waals surface area contributed by atoms with Crippen LogP contribution in [0, 0.1) is 11.8 Å². The van der Waals surface area contributed by atoms with Gasteiger partial charge in [0.25, 0.3) is 0 Å². The highest BCUT2D eigenvalue weighted by Gasteiger charge is 2.51. The van der Waals surface area contributed by atoms with E-state index in [1.54, 1.807) is 0 Å². The van der Waals surface area contributed by atoms with Crippen molar-refractivity contribution in [1.82, 2.24) is 0 Å². The second-order valence-electron chi connectivity index (χ2n) is 4.79. The van der Waals surface area contributed by atoms with Gasteiger partial charge in [-0.15, -0.1) is 0 Å². The summed E-state index contributed by atoms with van der Waals surface area (Å²) in [4.78, 5) is 21.7. The molecular weight excluding hydrogens is 312 g/mol. The average Bonchev–Trinajstić information content (AvgIpc) is 2.76. The number of carbonyl (C=O) groups excluding carboxylic acids is 2. The zero-order valence-corrected chi connectivity index (χ0v) is 11.4. The molecule has 0 aromatic rings. The summed E-state index contributed by atoms with van der Waals surface area (Å²) in [5, 5.41) is 0. The van der Waals surface area contributed by atoms with Crippen molar-refractivity contribution in [3.8, 4) is 0 Å². The minimum Gasteiger partial charge on any atom is -0.434 e. The van der Waals surface area contributed by atoms with Crippen LogP contribution in [0.5, 0.6) is 0 Å². The highest BCUT2D eigenvalue weighted by molar-refractivity contribution is 7.82. The second-order valence-corrected chi connectivity index (χ2v) is 6.00. The van der Waals surface area contributed by atoms with E-state index in [-0.39, 0.29) is 26.4 Å². The van der Waals surface area contributed by atoms with Gasteiger partial charge in [0.05, 0.1) is 11.8 Å². The standard InChI is InChI=1S/C10H12O10S/c11-9-15-1-5(2-16-9)7-8(20-21(13,14)19-7)6-3-17-10(12)18-4-6/h5-8H,1-4H2. The minimum absolute atomic E-state index is 0.0494. The van der Waals surface area contributed by atoms with Crippen molar-refractivity contribution in [3.05, 3.63) is 0 Å². The number of cyclic esters (lactones) is 4. The van der Waals surface area contributed by atoms with E-state index in [0.717, 1.165) is 0 Å². The van der Waals surface area contributed by atoms with Crippen molar-refractivity contribution < 1.29 is 45.3 Å². The van der Waals surface area contributed by atoms with E-state index in [2.05, 4.69) is 0 Å². The normalized spacial score (nSPS) is 33.7. The van der Waals surface area contributed by atoms with Crippen LogP contribution in [0.2, 0.25) is 0 Å². The van der Waals surface area contributed by atoms with Crippen LogP contribution in [0.3, 0.4) is 0 Å². The van der Waals surface area contributed by atoms with Crippen LogP contribution in [-0.4, -0.2) is 59.4 Å². The maximum atomic E-state index is 11.5. The summed E-state index contributed by atoms with van der Waals surface area (Å²) in [6.45, 7) is -0.197. The first-order valence-corrected chi connectivity index (χ1v) is 7.48. The molecule has 3 fully saturated rings. The molecule has 10 nitrogen and oxygen atoms in total. The first-order valence-electron chi connectivity index (χ1n) is 6.15. The number of carbonyl (C=O) groups is 2. The number of hydrogen-bond acceptors (Lipinski definition) is 10. The Morgan fingerprint density at radius 1 is 0.714 bits per heavy atom. The van der Waals surface area contributed by atoms with E-state index in [9.17, 15) is 18.0 Å². The van der Waals surface area contributed by atoms with E-state index in [4.69, 9.17) is 27.3 Å². The summed E-state index contributed by atoms with van der Waals surface area (Å²) in [7, 11) is -4.16.